The minimum absolute atomic E-state index is 0.000656. The second kappa shape index (κ2) is 36.9. The number of tetrazole rings is 1. The average molecular weight is 1360 g/mol. The van der Waals surface area contributed by atoms with Crippen molar-refractivity contribution in [3.8, 4) is 11.4 Å². The van der Waals surface area contributed by atoms with Gasteiger partial charge in [-0.15, -0.1) is 10.2 Å². The molecule has 29 heteroatoms. The molecule has 0 unspecified atom stereocenters. The number of nitrogens with two attached hydrogens (primary N) is 1. The van der Waals surface area contributed by atoms with Crippen molar-refractivity contribution in [3.63, 3.8) is 0 Å². The summed E-state index contributed by atoms with van der Waals surface area (Å²) in [6, 6.07) is -7.85. The lowest BCUT2D eigenvalue weighted by Gasteiger charge is -2.41. The quantitative estimate of drug-likeness (QED) is 0.0994. The number of benzene rings is 1. The van der Waals surface area contributed by atoms with Crippen molar-refractivity contribution in [3.05, 3.63) is 30.5 Å². The number of amides is 11. The number of H-pyrrole nitrogens is 1. The van der Waals surface area contributed by atoms with Crippen molar-refractivity contribution in [1.82, 2.24) is 76.2 Å². The Labute approximate surface area is 574 Å². The highest BCUT2D eigenvalue weighted by Crippen LogP contribution is 2.30. The average Bonchev–Trinajstić information content (AvgIpc) is 1.16. The fourth-order valence-corrected chi connectivity index (χ4v) is 12.0. The van der Waals surface area contributed by atoms with E-state index >= 15 is 19.2 Å². The van der Waals surface area contributed by atoms with Crippen LogP contribution in [0.2, 0.25) is 0 Å². The van der Waals surface area contributed by atoms with E-state index in [1.54, 1.807) is 59.7 Å². The van der Waals surface area contributed by atoms with E-state index in [1.807, 2.05) is 55.4 Å². The Morgan fingerprint density at radius 3 is 1.53 bits per heavy atom. The zero-order valence-electron chi connectivity index (χ0n) is 61.8. The summed E-state index contributed by atoms with van der Waals surface area (Å²) in [7, 11) is 9.78. The van der Waals surface area contributed by atoms with Gasteiger partial charge in [0, 0.05) is 60.6 Å². The first kappa shape index (κ1) is 83.0. The molecule has 1 aliphatic heterocycles. The highest BCUT2D eigenvalue weighted by atomic mass is 16.3. The number of hydrogen-bond acceptors (Lipinski definition) is 17. The van der Waals surface area contributed by atoms with Crippen LogP contribution in [0, 0.1) is 41.4 Å². The van der Waals surface area contributed by atoms with E-state index in [0.717, 1.165) is 9.80 Å². The highest BCUT2D eigenvalue weighted by Gasteiger charge is 2.46. The Morgan fingerprint density at radius 2 is 1.04 bits per heavy atom. The summed E-state index contributed by atoms with van der Waals surface area (Å²) in [5, 5.41) is 40.7. The number of nitrogen functional groups attached to an aromatic ring is 1. The van der Waals surface area contributed by atoms with Crippen molar-refractivity contribution < 1.29 is 57.8 Å². The van der Waals surface area contributed by atoms with E-state index < -0.39 is 156 Å². The van der Waals surface area contributed by atoms with Crippen molar-refractivity contribution in [2.45, 2.75) is 216 Å². The molecule has 0 radical (unpaired) electrons. The van der Waals surface area contributed by atoms with Gasteiger partial charge in [-0.3, -0.25) is 52.7 Å². The number of anilines is 2. The highest BCUT2D eigenvalue weighted by molar-refractivity contribution is 5.99. The van der Waals surface area contributed by atoms with Crippen LogP contribution in [0.4, 0.5) is 11.4 Å². The smallest absolute Gasteiger partial charge is 0.246 e. The number of aromatic amines is 1. The summed E-state index contributed by atoms with van der Waals surface area (Å²) >= 11 is 0. The monoisotopic (exact) mass is 1360 g/mol. The number of nitrogens with zero attached hydrogens (tertiary/aromatic N) is 10. The zero-order chi connectivity index (χ0) is 74.1. The first-order valence-electron chi connectivity index (χ1n) is 33.8. The van der Waals surface area contributed by atoms with Crippen LogP contribution in [0.5, 0.6) is 0 Å². The molecule has 0 bridgehead atoms. The predicted octanol–water partition coefficient (Wildman–Crippen LogP) is 3.08. The van der Waals surface area contributed by atoms with Gasteiger partial charge in [0.1, 0.15) is 60.4 Å². The van der Waals surface area contributed by atoms with Gasteiger partial charge < -0.3 is 71.7 Å². The third-order valence-corrected chi connectivity index (χ3v) is 17.9. The van der Waals surface area contributed by atoms with E-state index in [1.165, 1.54) is 87.7 Å². The molecule has 11 amide bonds. The molecule has 2 aromatic rings. The van der Waals surface area contributed by atoms with Gasteiger partial charge in [-0.05, 0) is 117 Å². The van der Waals surface area contributed by atoms with Crippen LogP contribution in [0.15, 0.2) is 30.5 Å². The largest absolute Gasteiger partial charge is 0.397 e. The molecule has 0 spiro atoms. The van der Waals surface area contributed by atoms with Crippen molar-refractivity contribution >= 4 is 76.4 Å². The lowest BCUT2D eigenvalue weighted by molar-refractivity contribution is -0.157. The van der Waals surface area contributed by atoms with E-state index in [4.69, 9.17) is 5.73 Å². The van der Waals surface area contributed by atoms with E-state index in [2.05, 4.69) is 53.8 Å². The number of likely N-dealkylation sites (N-methyl/N-ethyl adjacent to an activating group) is 7. The molecular formula is C68H115N17O12. The molecule has 0 saturated carbocycles. The molecule has 1 aliphatic rings. The summed E-state index contributed by atoms with van der Waals surface area (Å²) in [5.41, 5.74) is 8.12. The van der Waals surface area contributed by atoms with Crippen molar-refractivity contribution in [2.75, 3.05) is 66.9 Å². The molecule has 0 aliphatic carbocycles. The predicted molar refractivity (Wildman–Crippen MR) is 370 cm³/mol. The maximum Gasteiger partial charge on any atom is 0.246 e. The molecular weight excluding hydrogens is 1250 g/mol. The van der Waals surface area contributed by atoms with Crippen LogP contribution in [-0.2, 0) is 52.7 Å². The van der Waals surface area contributed by atoms with E-state index in [-0.39, 0.29) is 62.2 Å². The number of carbonyl (C=O) groups excluding carboxylic acids is 11. The molecule has 29 nitrogen and oxygen atoms in total. The fourth-order valence-electron chi connectivity index (χ4n) is 12.0. The van der Waals surface area contributed by atoms with E-state index in [9.17, 15) is 38.7 Å². The Bertz CT molecular complexity index is 3070. The van der Waals surface area contributed by atoms with Crippen LogP contribution in [-0.4, -0.2) is 247 Å². The molecule has 3 rings (SSSR count). The molecule has 1 fully saturated rings. The summed E-state index contributed by atoms with van der Waals surface area (Å²) in [6.07, 6.45) is -1.23. The number of nitrogens with one attached hydrogen (secondary N) is 6. The van der Waals surface area contributed by atoms with Crippen LogP contribution < -0.4 is 32.3 Å². The fraction of sp³-hybridized carbons (Fsp3) is 0.706. The molecule has 12 atom stereocenters. The Balaban J connectivity index is 2.31. The molecule has 97 heavy (non-hydrogen) atoms. The van der Waals surface area contributed by atoms with Crippen LogP contribution in [0.3, 0.4) is 0 Å². The van der Waals surface area contributed by atoms with Gasteiger partial charge in [-0.25, -0.2) is 0 Å². The Kier molecular flexibility index (Phi) is 31.6. The molecule has 1 aromatic heterocycles. The third-order valence-electron chi connectivity index (χ3n) is 17.9. The van der Waals surface area contributed by atoms with Crippen LogP contribution in [0.1, 0.15) is 149 Å². The SMILES string of the molecule is C=C(C[C@@H](C)[C@@H](O)[C@H]1C(=O)N[C@@H](CC)C(=O)N(C)CC(=O)N(C)[C@@H](CC(C)C)C(=O)N[C@@H](C(C)C)C(=O)N(C)[C@@H](CC(C)C)C(=O)N[C@@H](C)C(=O)N[C@H](C)C(=O)N(C)[C@@H](CC(C)C)C(=O)N(C)[C@@H](CC(C)C)C(=O)N(C)[C@@H](C(C)C)C(=O)N1C)Nc1ccc(-c2nn[nH]n2)cc1N. The standard InChI is InChI=1S/C68H115N17O12/c1-25-47-64(93)79(18)34-53(86)80(19)49(28-35(2)3)61(90)74-54(39(10)11)67(96)81(20)50(29-36(4)5)60(89)71-43(16)59(88)72-44(17)63(92)82(21)51(30-37(6)7)65(94)83(22)52(31-38(8)9)66(95)84(23)55(40(12)13)68(97)85(24)56(62(91)73-47)57(87)41(14)32-42(15)70-48-27-26-45(33-46(48)69)58-75-77-78-76-58/h26-27,33,35-41,43-44,47,49-52,54-57,70,87H,15,25,28-32,34,69H2,1-14,16-24H3,(H,71,89)(H,72,88)(H,73,91)(H,74,90)(H,75,76,77,78)/t41-,43+,44-,47+,49+,50+,51+,52+,54+,55+,56+,57-/m1/s1. The van der Waals surface area contributed by atoms with Gasteiger partial charge in [0.2, 0.25) is 70.8 Å². The van der Waals surface area contributed by atoms with Crippen molar-refractivity contribution in [1.29, 1.82) is 0 Å². The van der Waals surface area contributed by atoms with Gasteiger partial charge in [0.05, 0.1) is 24.0 Å². The Morgan fingerprint density at radius 1 is 0.567 bits per heavy atom. The second-order valence-electron chi connectivity index (χ2n) is 28.8. The summed E-state index contributed by atoms with van der Waals surface area (Å²) < 4.78 is 0. The summed E-state index contributed by atoms with van der Waals surface area (Å²) in [6.45, 7) is 31.4. The Hall–Kier alpha value is -8.24. The van der Waals surface area contributed by atoms with Gasteiger partial charge in [-0.2, -0.15) is 5.21 Å². The maximum absolute atomic E-state index is 15.5. The number of aromatic nitrogens is 4. The van der Waals surface area contributed by atoms with Gasteiger partial charge in [0.15, 0.2) is 0 Å². The number of aliphatic hydroxyl groups excluding tert-OH is 1. The number of aliphatic hydroxyl groups is 1. The van der Waals surface area contributed by atoms with E-state index in [0.29, 0.717) is 28.5 Å². The topological polar surface area (TPSA) is 371 Å². The van der Waals surface area contributed by atoms with Crippen LogP contribution >= 0.6 is 0 Å². The molecule has 1 saturated heterocycles. The summed E-state index contributed by atoms with van der Waals surface area (Å²) in [5.74, 6) is -10.3. The van der Waals surface area contributed by atoms with Crippen LogP contribution in [0.25, 0.3) is 11.4 Å². The molecule has 544 valence electrons. The maximum atomic E-state index is 15.5. The number of rotatable bonds is 18. The minimum atomic E-state index is -1.76. The third kappa shape index (κ3) is 22.4. The van der Waals surface area contributed by atoms with Gasteiger partial charge >= 0.3 is 0 Å². The normalized spacial score (nSPS) is 24.8. The zero-order valence-corrected chi connectivity index (χ0v) is 61.8. The summed E-state index contributed by atoms with van der Waals surface area (Å²) in [4.78, 5) is 170. The van der Waals surface area contributed by atoms with Gasteiger partial charge in [-0.1, -0.05) is 104 Å². The lowest BCUT2D eigenvalue weighted by Crippen LogP contribution is -2.63. The number of hydrogen-bond donors (Lipinski definition) is 8. The molecule has 1 aromatic carbocycles. The molecule has 2 heterocycles. The number of allylic oxidation sites excluding steroid dienone is 1. The molecule has 9 N–H and O–H groups in total. The first-order chi connectivity index (χ1) is 45.0. The van der Waals surface area contributed by atoms with Gasteiger partial charge in [0.25, 0.3) is 0 Å². The van der Waals surface area contributed by atoms with Crippen molar-refractivity contribution in [2.24, 2.45) is 41.4 Å². The first-order valence-corrected chi connectivity index (χ1v) is 33.8. The second-order valence-corrected chi connectivity index (χ2v) is 28.8. The lowest BCUT2D eigenvalue weighted by atomic mass is 9.90. The minimum Gasteiger partial charge on any atom is -0.397 e. The number of carbonyl (C=O) groups is 11.